The lowest BCUT2D eigenvalue weighted by Gasteiger charge is -2.19. The Kier molecular flexibility index (Phi) is 5.28. The first-order chi connectivity index (χ1) is 13.3. The molecule has 0 unspecified atom stereocenters. The molecule has 2 aromatic carbocycles. The predicted molar refractivity (Wildman–Crippen MR) is 101 cm³/mol. The van der Waals surface area contributed by atoms with E-state index in [0.717, 1.165) is 5.56 Å². The molecule has 0 bridgehead atoms. The molecule has 9 heteroatoms. The first kappa shape index (κ1) is 19.7. The van der Waals surface area contributed by atoms with E-state index in [0.29, 0.717) is 15.8 Å². The maximum absolute atomic E-state index is 12.5. The summed E-state index contributed by atoms with van der Waals surface area (Å²) in [7, 11) is -0.996. The van der Waals surface area contributed by atoms with Gasteiger partial charge >= 0.3 is 0 Å². The number of benzene rings is 2. The molecule has 0 saturated heterocycles. The number of carbonyl (C=O) groups is 2. The zero-order valence-electron chi connectivity index (χ0n) is 15.6. The van der Waals surface area contributed by atoms with E-state index in [1.54, 1.807) is 31.2 Å². The van der Waals surface area contributed by atoms with Crippen molar-refractivity contribution in [1.29, 1.82) is 0 Å². The maximum atomic E-state index is 12.5. The number of sulfonamides is 1. The van der Waals surface area contributed by atoms with Gasteiger partial charge in [0.1, 0.15) is 11.4 Å². The van der Waals surface area contributed by atoms with Gasteiger partial charge < -0.3 is 14.8 Å². The van der Waals surface area contributed by atoms with E-state index in [4.69, 9.17) is 9.47 Å². The fourth-order valence-electron chi connectivity index (χ4n) is 3.01. The fraction of sp³-hybridized carbons (Fsp3) is 0.263. The summed E-state index contributed by atoms with van der Waals surface area (Å²) in [5, 5.41) is 2.70. The average Bonchev–Trinajstić information content (AvgIpc) is 2.88. The molecular formula is C19H20N2O6S. The van der Waals surface area contributed by atoms with Gasteiger partial charge in [0, 0.05) is 0 Å². The van der Waals surface area contributed by atoms with Crippen LogP contribution in [0, 0.1) is 0 Å². The highest BCUT2D eigenvalue weighted by atomic mass is 32.2. The molecule has 3 rings (SSSR count). The minimum atomic E-state index is -4.02. The minimum absolute atomic E-state index is 0.0724. The van der Waals surface area contributed by atoms with Crippen molar-refractivity contribution >= 4 is 21.8 Å². The van der Waals surface area contributed by atoms with Crippen molar-refractivity contribution in [3.05, 3.63) is 53.6 Å². The average molecular weight is 404 g/mol. The molecule has 8 nitrogen and oxygen atoms in total. The topological polar surface area (TPSA) is 102 Å². The van der Waals surface area contributed by atoms with E-state index < -0.39 is 34.4 Å². The lowest BCUT2D eigenvalue weighted by Crippen LogP contribution is -2.41. The summed E-state index contributed by atoms with van der Waals surface area (Å²) in [5.74, 6) is -0.235. The summed E-state index contributed by atoms with van der Waals surface area (Å²) in [4.78, 5) is 24.7. The van der Waals surface area contributed by atoms with E-state index in [1.165, 1.54) is 32.4 Å². The zero-order valence-corrected chi connectivity index (χ0v) is 16.4. The second-order valence-corrected chi connectivity index (χ2v) is 8.05. The zero-order chi connectivity index (χ0) is 20.5. The molecule has 28 heavy (non-hydrogen) atoms. The van der Waals surface area contributed by atoms with Crippen molar-refractivity contribution in [3.8, 4) is 11.5 Å². The molecule has 1 aliphatic rings. The van der Waals surface area contributed by atoms with E-state index >= 15 is 0 Å². The fourth-order valence-corrected chi connectivity index (χ4v) is 4.54. The first-order valence-electron chi connectivity index (χ1n) is 8.47. The highest BCUT2D eigenvalue weighted by molar-refractivity contribution is 7.90. The summed E-state index contributed by atoms with van der Waals surface area (Å²) >= 11 is 0. The maximum Gasteiger partial charge on any atom is 0.269 e. The highest BCUT2D eigenvalue weighted by Crippen LogP contribution is 2.31. The smallest absolute Gasteiger partial charge is 0.269 e. The third kappa shape index (κ3) is 3.40. The molecule has 0 radical (unpaired) electrons. The lowest BCUT2D eigenvalue weighted by atomic mass is 10.1. The summed E-state index contributed by atoms with van der Waals surface area (Å²) in [6, 6.07) is 10.7. The van der Waals surface area contributed by atoms with Gasteiger partial charge in [0.2, 0.25) is 5.91 Å². The first-order valence-corrected chi connectivity index (χ1v) is 9.91. The van der Waals surface area contributed by atoms with Crippen LogP contribution in [0.1, 0.15) is 28.9 Å². The monoisotopic (exact) mass is 404 g/mol. The third-order valence-electron chi connectivity index (χ3n) is 4.48. The van der Waals surface area contributed by atoms with Crippen molar-refractivity contribution in [3.63, 3.8) is 0 Å². The van der Waals surface area contributed by atoms with E-state index in [1.807, 2.05) is 0 Å². The number of nitrogens with one attached hydrogen (secondary N) is 1. The Balaban J connectivity index is 1.74. The normalized spacial score (nSPS) is 15.7. The molecule has 148 valence electrons. The molecule has 1 atom stereocenters. The van der Waals surface area contributed by atoms with Crippen molar-refractivity contribution < 1.29 is 27.5 Å². The molecule has 0 saturated carbocycles. The summed E-state index contributed by atoms with van der Waals surface area (Å²) in [6.45, 7) is 1.15. The number of amides is 2. The van der Waals surface area contributed by atoms with Gasteiger partial charge in [-0.3, -0.25) is 9.59 Å². The van der Waals surface area contributed by atoms with Crippen LogP contribution in [-0.4, -0.2) is 45.3 Å². The molecule has 0 aromatic heterocycles. The molecular weight excluding hydrogens is 384 g/mol. The summed E-state index contributed by atoms with van der Waals surface area (Å²) < 4.78 is 36.1. The van der Waals surface area contributed by atoms with Crippen LogP contribution in [0.2, 0.25) is 0 Å². The molecule has 2 amide bonds. The Morgan fingerprint density at radius 2 is 1.79 bits per heavy atom. The number of carbonyl (C=O) groups excluding carboxylic acids is 2. The van der Waals surface area contributed by atoms with Gasteiger partial charge in [-0.15, -0.1) is 0 Å². The van der Waals surface area contributed by atoms with Gasteiger partial charge in [0.15, 0.2) is 11.5 Å². The van der Waals surface area contributed by atoms with Crippen LogP contribution in [0.25, 0.3) is 0 Å². The Hall–Kier alpha value is -3.07. The van der Waals surface area contributed by atoms with Gasteiger partial charge in [-0.1, -0.05) is 18.2 Å². The van der Waals surface area contributed by atoms with E-state index in [2.05, 4.69) is 5.32 Å². The molecule has 2 aromatic rings. The van der Waals surface area contributed by atoms with Crippen LogP contribution < -0.4 is 14.8 Å². The Labute approximate surface area is 163 Å². The highest BCUT2D eigenvalue weighted by Gasteiger charge is 2.41. The second kappa shape index (κ2) is 7.51. The van der Waals surface area contributed by atoms with Gasteiger partial charge in [0.05, 0.1) is 25.8 Å². The van der Waals surface area contributed by atoms with Crippen molar-refractivity contribution in [2.24, 2.45) is 0 Å². The number of hydrogen-bond acceptors (Lipinski definition) is 6. The number of nitrogens with zero attached hydrogens (tertiary/aromatic N) is 1. The van der Waals surface area contributed by atoms with Gasteiger partial charge in [-0.05, 0) is 36.8 Å². The van der Waals surface area contributed by atoms with Gasteiger partial charge in [0.25, 0.3) is 15.9 Å². The Morgan fingerprint density at radius 1 is 1.11 bits per heavy atom. The quantitative estimate of drug-likeness (QED) is 0.787. The number of rotatable bonds is 6. The Bertz CT molecular complexity index is 1030. The van der Waals surface area contributed by atoms with Crippen LogP contribution >= 0.6 is 0 Å². The van der Waals surface area contributed by atoms with Crippen LogP contribution in [-0.2, 0) is 14.8 Å². The minimum Gasteiger partial charge on any atom is -0.493 e. The molecule has 1 heterocycles. The van der Waals surface area contributed by atoms with Crippen LogP contribution in [0.3, 0.4) is 0 Å². The molecule has 0 spiro atoms. The number of ether oxygens (including phenoxy) is 2. The Morgan fingerprint density at radius 3 is 2.43 bits per heavy atom. The van der Waals surface area contributed by atoms with E-state index in [9.17, 15) is 18.0 Å². The molecule has 1 N–H and O–H groups in total. The lowest BCUT2D eigenvalue weighted by molar-refractivity contribution is -0.121. The van der Waals surface area contributed by atoms with Crippen molar-refractivity contribution in [2.75, 3.05) is 20.8 Å². The second-order valence-electron chi connectivity index (χ2n) is 6.22. The summed E-state index contributed by atoms with van der Waals surface area (Å²) in [5.41, 5.74) is 0.813. The standard InChI is InChI=1S/C19H20N2O6S/c1-12(13-8-9-15(26-2)16(10-13)27-3)20-18(22)11-21-19(23)14-6-4-5-7-17(14)28(21,24)25/h4-10,12H,11H2,1-3H3,(H,20,22)/t12-/m0/s1. The predicted octanol–water partition coefficient (Wildman–Crippen LogP) is 1.73. The van der Waals surface area contributed by atoms with Gasteiger partial charge in [-0.25, -0.2) is 12.7 Å². The van der Waals surface area contributed by atoms with Crippen molar-refractivity contribution in [1.82, 2.24) is 9.62 Å². The number of hydrogen-bond donors (Lipinski definition) is 1. The summed E-state index contributed by atoms with van der Waals surface area (Å²) in [6.07, 6.45) is 0. The number of fused-ring (bicyclic) bond motifs is 1. The van der Waals surface area contributed by atoms with Crippen LogP contribution in [0.4, 0.5) is 0 Å². The van der Waals surface area contributed by atoms with Crippen LogP contribution in [0.15, 0.2) is 47.4 Å². The van der Waals surface area contributed by atoms with Crippen molar-refractivity contribution in [2.45, 2.75) is 17.9 Å². The van der Waals surface area contributed by atoms with Gasteiger partial charge in [-0.2, -0.15) is 0 Å². The molecule has 1 aliphatic heterocycles. The largest absolute Gasteiger partial charge is 0.493 e. The van der Waals surface area contributed by atoms with E-state index in [-0.39, 0.29) is 10.5 Å². The van der Waals surface area contributed by atoms with Crippen LogP contribution in [0.5, 0.6) is 11.5 Å². The third-order valence-corrected chi connectivity index (χ3v) is 6.27. The SMILES string of the molecule is COc1ccc([C@H](C)NC(=O)CN2C(=O)c3ccccc3S2(=O)=O)cc1OC. The number of methoxy groups -OCH3 is 2. The molecule has 0 fully saturated rings. The molecule has 0 aliphatic carbocycles.